The van der Waals surface area contributed by atoms with Crippen LogP contribution in [0.2, 0.25) is 0 Å². The number of carbonyl (C=O) groups excluding carboxylic acids is 1. The maximum absolute atomic E-state index is 12.1. The average Bonchev–Trinajstić information content (AvgIpc) is 2.86. The number of nitrogens with zero attached hydrogens (tertiary/aromatic N) is 1. The number of amides is 1. The van der Waals surface area contributed by atoms with Crippen molar-refractivity contribution in [1.82, 2.24) is 4.98 Å². The highest BCUT2D eigenvalue weighted by atomic mass is 79.9. The third-order valence-electron chi connectivity index (χ3n) is 2.69. The van der Waals surface area contributed by atoms with Gasteiger partial charge in [0.1, 0.15) is 0 Å². The van der Waals surface area contributed by atoms with Gasteiger partial charge in [-0.1, -0.05) is 6.07 Å². The summed E-state index contributed by atoms with van der Waals surface area (Å²) in [6.07, 6.45) is 1.74. The maximum Gasteiger partial charge on any atom is 0.265 e. The van der Waals surface area contributed by atoms with Crippen LogP contribution in [0.25, 0.3) is 10.9 Å². The minimum Gasteiger partial charge on any atom is -0.321 e. The van der Waals surface area contributed by atoms with Crippen molar-refractivity contribution in [3.8, 4) is 0 Å². The Bertz CT molecular complexity index is 749. The van der Waals surface area contributed by atoms with Crippen LogP contribution in [0.15, 0.2) is 52.4 Å². The number of halogens is 1. The first-order chi connectivity index (χ1) is 9.24. The molecule has 0 saturated carbocycles. The molecule has 94 valence electrons. The van der Waals surface area contributed by atoms with Crippen molar-refractivity contribution >= 4 is 49.8 Å². The Labute approximate surface area is 122 Å². The van der Waals surface area contributed by atoms with E-state index in [1.807, 2.05) is 36.4 Å². The molecular formula is C14H9BrN2OS. The summed E-state index contributed by atoms with van der Waals surface area (Å²) >= 11 is 4.76. The second kappa shape index (κ2) is 5.11. The molecule has 3 aromatic rings. The zero-order valence-corrected chi connectivity index (χ0v) is 12.2. The summed E-state index contributed by atoms with van der Waals surface area (Å²) in [7, 11) is 0. The highest BCUT2D eigenvalue weighted by molar-refractivity contribution is 9.11. The molecule has 0 unspecified atom stereocenters. The summed E-state index contributed by atoms with van der Waals surface area (Å²) in [6.45, 7) is 0. The predicted octanol–water partition coefficient (Wildman–Crippen LogP) is 4.31. The summed E-state index contributed by atoms with van der Waals surface area (Å²) in [6, 6.07) is 13.2. The van der Waals surface area contributed by atoms with Crippen molar-refractivity contribution < 1.29 is 4.79 Å². The Balaban J connectivity index is 1.95. The van der Waals surface area contributed by atoms with Crippen LogP contribution in [0.5, 0.6) is 0 Å². The van der Waals surface area contributed by atoms with Crippen LogP contribution >= 0.6 is 27.3 Å². The number of anilines is 1. The summed E-state index contributed by atoms with van der Waals surface area (Å²) in [5, 5.41) is 3.86. The number of rotatable bonds is 2. The molecule has 0 saturated heterocycles. The van der Waals surface area contributed by atoms with Crippen molar-refractivity contribution in [2.24, 2.45) is 0 Å². The van der Waals surface area contributed by atoms with Gasteiger partial charge in [0.15, 0.2) is 0 Å². The number of nitrogens with one attached hydrogen (secondary N) is 1. The topological polar surface area (TPSA) is 42.0 Å². The lowest BCUT2D eigenvalue weighted by Gasteiger charge is -2.06. The standard InChI is InChI=1S/C14H9BrN2OS/c15-13-7-6-12(19-13)14(18)17-11-5-1-4-10-9(11)3-2-8-16-10/h1-8H,(H,17,18). The second-order valence-corrected chi connectivity index (χ2v) is 6.40. The molecule has 2 aromatic heterocycles. The number of hydrogen-bond acceptors (Lipinski definition) is 3. The van der Waals surface area contributed by atoms with Crippen LogP contribution in [0.1, 0.15) is 9.67 Å². The first-order valence-electron chi connectivity index (χ1n) is 5.64. The predicted molar refractivity (Wildman–Crippen MR) is 81.7 cm³/mol. The Morgan fingerprint density at radius 3 is 2.84 bits per heavy atom. The lowest BCUT2D eigenvalue weighted by molar-refractivity contribution is 0.103. The summed E-state index contributed by atoms with van der Waals surface area (Å²) in [4.78, 5) is 17.1. The molecule has 1 amide bonds. The molecule has 3 nitrogen and oxygen atoms in total. The minimum atomic E-state index is -0.105. The SMILES string of the molecule is O=C(Nc1cccc2ncccc12)c1ccc(Br)s1. The van der Waals surface area contributed by atoms with E-state index in [0.717, 1.165) is 20.4 Å². The normalized spacial score (nSPS) is 10.6. The molecule has 0 spiro atoms. The fourth-order valence-electron chi connectivity index (χ4n) is 1.83. The summed E-state index contributed by atoms with van der Waals surface area (Å²) in [5.41, 5.74) is 1.65. The zero-order chi connectivity index (χ0) is 13.2. The van der Waals surface area contributed by atoms with E-state index >= 15 is 0 Å². The van der Waals surface area contributed by atoms with Crippen molar-refractivity contribution in [2.75, 3.05) is 5.32 Å². The van der Waals surface area contributed by atoms with Gasteiger partial charge in [-0.15, -0.1) is 11.3 Å². The van der Waals surface area contributed by atoms with Crippen LogP contribution in [0.4, 0.5) is 5.69 Å². The minimum absolute atomic E-state index is 0.105. The Morgan fingerprint density at radius 2 is 2.05 bits per heavy atom. The largest absolute Gasteiger partial charge is 0.321 e. The lowest BCUT2D eigenvalue weighted by Crippen LogP contribution is -2.10. The van der Waals surface area contributed by atoms with Crippen LogP contribution in [0.3, 0.4) is 0 Å². The fraction of sp³-hybridized carbons (Fsp3) is 0. The van der Waals surface area contributed by atoms with Gasteiger partial charge in [0.25, 0.3) is 5.91 Å². The lowest BCUT2D eigenvalue weighted by atomic mass is 10.2. The van der Waals surface area contributed by atoms with E-state index in [9.17, 15) is 4.79 Å². The maximum atomic E-state index is 12.1. The molecule has 1 N–H and O–H groups in total. The third kappa shape index (κ3) is 2.52. The van der Waals surface area contributed by atoms with Gasteiger partial charge in [0, 0.05) is 11.6 Å². The van der Waals surface area contributed by atoms with Crippen molar-refractivity contribution in [2.45, 2.75) is 0 Å². The monoisotopic (exact) mass is 332 g/mol. The van der Waals surface area contributed by atoms with Gasteiger partial charge in [-0.05, 0) is 52.3 Å². The van der Waals surface area contributed by atoms with E-state index in [0.29, 0.717) is 4.88 Å². The average molecular weight is 333 g/mol. The molecule has 0 aliphatic carbocycles. The van der Waals surface area contributed by atoms with E-state index in [1.165, 1.54) is 11.3 Å². The molecule has 0 bridgehead atoms. The first kappa shape index (κ1) is 12.3. The third-order valence-corrected chi connectivity index (χ3v) is 4.31. The van der Waals surface area contributed by atoms with Gasteiger partial charge in [-0.25, -0.2) is 0 Å². The number of benzene rings is 1. The number of aromatic nitrogens is 1. The summed E-state index contributed by atoms with van der Waals surface area (Å²) in [5.74, 6) is -0.105. The first-order valence-corrected chi connectivity index (χ1v) is 7.25. The molecule has 19 heavy (non-hydrogen) atoms. The van der Waals surface area contributed by atoms with Crippen molar-refractivity contribution in [3.05, 3.63) is 57.3 Å². The molecule has 0 aliphatic rings. The molecule has 0 aliphatic heterocycles. The fourth-order valence-corrected chi connectivity index (χ4v) is 3.11. The quantitative estimate of drug-likeness (QED) is 0.759. The molecule has 1 aromatic carbocycles. The van der Waals surface area contributed by atoms with E-state index < -0.39 is 0 Å². The highest BCUT2D eigenvalue weighted by Gasteiger charge is 2.10. The van der Waals surface area contributed by atoms with Gasteiger partial charge < -0.3 is 5.32 Å². The Morgan fingerprint density at radius 1 is 1.16 bits per heavy atom. The van der Waals surface area contributed by atoms with Crippen molar-refractivity contribution in [1.29, 1.82) is 0 Å². The number of pyridine rings is 1. The van der Waals surface area contributed by atoms with Gasteiger partial charge in [0.05, 0.1) is 19.9 Å². The number of thiophene rings is 1. The molecule has 0 fully saturated rings. The molecular weight excluding hydrogens is 324 g/mol. The zero-order valence-electron chi connectivity index (χ0n) is 9.76. The van der Waals surface area contributed by atoms with Gasteiger partial charge >= 0.3 is 0 Å². The van der Waals surface area contributed by atoms with Crippen LogP contribution in [-0.2, 0) is 0 Å². The molecule has 0 atom stereocenters. The van der Waals surface area contributed by atoms with Gasteiger partial charge in [-0.2, -0.15) is 0 Å². The smallest absolute Gasteiger partial charge is 0.265 e. The van der Waals surface area contributed by atoms with E-state index in [4.69, 9.17) is 0 Å². The number of hydrogen-bond donors (Lipinski definition) is 1. The molecule has 2 heterocycles. The van der Waals surface area contributed by atoms with Crippen LogP contribution in [-0.4, -0.2) is 10.9 Å². The second-order valence-electron chi connectivity index (χ2n) is 3.93. The van der Waals surface area contributed by atoms with Crippen molar-refractivity contribution in [3.63, 3.8) is 0 Å². The van der Waals surface area contributed by atoms with E-state index in [-0.39, 0.29) is 5.91 Å². The molecule has 0 radical (unpaired) electrons. The Hall–Kier alpha value is -1.72. The number of carbonyl (C=O) groups is 1. The van der Waals surface area contributed by atoms with E-state index in [2.05, 4.69) is 26.2 Å². The van der Waals surface area contributed by atoms with E-state index in [1.54, 1.807) is 12.3 Å². The summed E-state index contributed by atoms with van der Waals surface area (Å²) < 4.78 is 0.942. The number of fused-ring (bicyclic) bond motifs is 1. The van der Waals surface area contributed by atoms with Crippen LogP contribution < -0.4 is 5.32 Å². The highest BCUT2D eigenvalue weighted by Crippen LogP contribution is 2.25. The van der Waals surface area contributed by atoms with Gasteiger partial charge in [-0.3, -0.25) is 9.78 Å². The molecule has 5 heteroatoms. The Kier molecular flexibility index (Phi) is 3.31. The van der Waals surface area contributed by atoms with Gasteiger partial charge in [0.2, 0.25) is 0 Å². The van der Waals surface area contributed by atoms with Crippen LogP contribution in [0, 0.1) is 0 Å². The molecule has 3 rings (SSSR count).